The molecular weight excluding hydrogens is 216 g/mol. The first-order valence-electron chi connectivity index (χ1n) is 5.82. The Morgan fingerprint density at radius 1 is 1.47 bits per heavy atom. The standard InChI is InChI=1S/C12H18N4O/c1-9(2)16-11(5-7-14-16)10-4-6-13-8-12(17)15(10)3/h4-5,7,9,13H,6,8H2,1-3H3. The fraction of sp³-hybridized carbons (Fsp3) is 0.500. The van der Waals surface area contributed by atoms with Crippen molar-refractivity contribution < 1.29 is 4.79 Å². The zero-order chi connectivity index (χ0) is 12.4. The molecule has 2 heterocycles. The number of rotatable bonds is 2. The minimum atomic E-state index is 0.0743. The van der Waals surface area contributed by atoms with Gasteiger partial charge in [-0.1, -0.05) is 0 Å². The van der Waals surface area contributed by atoms with Crippen molar-refractivity contribution in [3.05, 3.63) is 24.0 Å². The monoisotopic (exact) mass is 234 g/mol. The summed E-state index contributed by atoms with van der Waals surface area (Å²) in [5, 5.41) is 7.37. The van der Waals surface area contributed by atoms with Crippen molar-refractivity contribution >= 4 is 11.6 Å². The van der Waals surface area contributed by atoms with Gasteiger partial charge in [-0.15, -0.1) is 0 Å². The summed E-state index contributed by atoms with van der Waals surface area (Å²) in [5.74, 6) is 0.0743. The molecule has 17 heavy (non-hydrogen) atoms. The van der Waals surface area contributed by atoms with Gasteiger partial charge in [-0.25, -0.2) is 0 Å². The van der Waals surface area contributed by atoms with Gasteiger partial charge in [-0.05, 0) is 26.0 Å². The molecule has 2 rings (SSSR count). The molecule has 0 unspecified atom stereocenters. The van der Waals surface area contributed by atoms with Gasteiger partial charge in [0, 0.05) is 25.8 Å². The van der Waals surface area contributed by atoms with E-state index in [4.69, 9.17) is 0 Å². The molecule has 1 amide bonds. The maximum Gasteiger partial charge on any atom is 0.240 e. The Bertz CT molecular complexity index is 447. The molecule has 0 atom stereocenters. The Kier molecular flexibility index (Phi) is 3.28. The van der Waals surface area contributed by atoms with Crippen LogP contribution < -0.4 is 5.32 Å². The summed E-state index contributed by atoms with van der Waals surface area (Å²) in [5.41, 5.74) is 1.91. The number of hydrogen-bond acceptors (Lipinski definition) is 3. The van der Waals surface area contributed by atoms with Crippen molar-refractivity contribution in [1.82, 2.24) is 20.0 Å². The highest BCUT2D eigenvalue weighted by Gasteiger charge is 2.20. The quantitative estimate of drug-likeness (QED) is 0.826. The molecule has 0 spiro atoms. The molecule has 0 saturated carbocycles. The van der Waals surface area contributed by atoms with E-state index < -0.39 is 0 Å². The molecule has 1 aromatic heterocycles. The van der Waals surface area contributed by atoms with Crippen LogP contribution in [0.25, 0.3) is 5.70 Å². The van der Waals surface area contributed by atoms with Crippen LogP contribution in [-0.4, -0.2) is 40.7 Å². The maximum atomic E-state index is 11.8. The number of amides is 1. The maximum absolute atomic E-state index is 11.8. The fourth-order valence-electron chi connectivity index (χ4n) is 1.94. The number of nitrogens with one attached hydrogen (secondary N) is 1. The lowest BCUT2D eigenvalue weighted by atomic mass is 10.2. The van der Waals surface area contributed by atoms with Gasteiger partial charge in [-0.3, -0.25) is 9.48 Å². The summed E-state index contributed by atoms with van der Waals surface area (Å²) >= 11 is 0. The van der Waals surface area contributed by atoms with Crippen LogP contribution in [0.5, 0.6) is 0 Å². The average Bonchev–Trinajstić information content (AvgIpc) is 2.71. The van der Waals surface area contributed by atoms with E-state index in [9.17, 15) is 4.79 Å². The van der Waals surface area contributed by atoms with Crippen molar-refractivity contribution in [2.75, 3.05) is 20.1 Å². The minimum absolute atomic E-state index is 0.0743. The van der Waals surface area contributed by atoms with Crippen LogP contribution in [0.1, 0.15) is 25.6 Å². The Morgan fingerprint density at radius 3 is 2.94 bits per heavy atom. The molecule has 5 heteroatoms. The molecule has 92 valence electrons. The first kappa shape index (κ1) is 11.9. The Morgan fingerprint density at radius 2 is 2.24 bits per heavy atom. The van der Waals surface area contributed by atoms with Crippen LogP contribution in [0.2, 0.25) is 0 Å². The molecule has 1 aliphatic rings. The first-order chi connectivity index (χ1) is 8.11. The molecule has 0 bridgehead atoms. The zero-order valence-electron chi connectivity index (χ0n) is 10.5. The predicted molar refractivity (Wildman–Crippen MR) is 66.2 cm³/mol. The lowest BCUT2D eigenvalue weighted by Crippen LogP contribution is -2.32. The van der Waals surface area contributed by atoms with E-state index in [1.165, 1.54) is 0 Å². The van der Waals surface area contributed by atoms with E-state index in [1.54, 1.807) is 18.1 Å². The Labute approximate surface area is 101 Å². The SMILES string of the molecule is CC(C)n1nccc1C1=CCNCC(=O)N1C. The molecule has 1 N–H and O–H groups in total. The molecule has 0 radical (unpaired) electrons. The molecule has 0 fully saturated rings. The van der Waals surface area contributed by atoms with Gasteiger partial charge in [0.15, 0.2) is 0 Å². The summed E-state index contributed by atoms with van der Waals surface area (Å²) < 4.78 is 1.93. The molecule has 0 saturated heterocycles. The molecule has 0 aromatic carbocycles. The normalized spacial score (nSPS) is 17.3. The second-order valence-corrected chi connectivity index (χ2v) is 4.43. The third-order valence-electron chi connectivity index (χ3n) is 2.87. The van der Waals surface area contributed by atoms with Crippen molar-refractivity contribution in [3.63, 3.8) is 0 Å². The zero-order valence-corrected chi connectivity index (χ0v) is 10.5. The third-order valence-corrected chi connectivity index (χ3v) is 2.87. The van der Waals surface area contributed by atoms with Crippen molar-refractivity contribution in [2.45, 2.75) is 19.9 Å². The number of nitrogens with zero attached hydrogens (tertiary/aromatic N) is 3. The van der Waals surface area contributed by atoms with Gasteiger partial charge < -0.3 is 10.2 Å². The third kappa shape index (κ3) is 2.24. The Hall–Kier alpha value is -1.62. The van der Waals surface area contributed by atoms with Crippen molar-refractivity contribution in [3.8, 4) is 0 Å². The van der Waals surface area contributed by atoms with Gasteiger partial charge in [-0.2, -0.15) is 5.10 Å². The van der Waals surface area contributed by atoms with E-state index >= 15 is 0 Å². The summed E-state index contributed by atoms with van der Waals surface area (Å²) in [6.07, 6.45) is 3.80. The molecule has 0 aliphatic carbocycles. The predicted octanol–water partition coefficient (Wildman–Crippen LogP) is 0.866. The molecule has 1 aliphatic heterocycles. The van der Waals surface area contributed by atoms with Gasteiger partial charge in [0.1, 0.15) is 0 Å². The molecular formula is C12H18N4O. The second kappa shape index (κ2) is 4.71. The second-order valence-electron chi connectivity index (χ2n) is 4.43. The van der Waals surface area contributed by atoms with E-state index in [2.05, 4.69) is 24.3 Å². The summed E-state index contributed by atoms with van der Waals surface area (Å²) in [6, 6.07) is 2.22. The highest BCUT2D eigenvalue weighted by Crippen LogP contribution is 2.21. The summed E-state index contributed by atoms with van der Waals surface area (Å²) in [4.78, 5) is 13.5. The minimum Gasteiger partial charge on any atom is -0.313 e. The van der Waals surface area contributed by atoms with E-state index in [0.717, 1.165) is 11.4 Å². The number of carbonyl (C=O) groups is 1. The van der Waals surface area contributed by atoms with Crippen molar-refractivity contribution in [2.24, 2.45) is 0 Å². The topological polar surface area (TPSA) is 50.2 Å². The van der Waals surface area contributed by atoms with Gasteiger partial charge in [0.2, 0.25) is 5.91 Å². The first-order valence-corrected chi connectivity index (χ1v) is 5.82. The van der Waals surface area contributed by atoms with Crippen LogP contribution in [-0.2, 0) is 4.79 Å². The fourth-order valence-corrected chi connectivity index (χ4v) is 1.94. The van der Waals surface area contributed by atoms with Crippen molar-refractivity contribution in [1.29, 1.82) is 0 Å². The van der Waals surface area contributed by atoms with E-state index in [-0.39, 0.29) is 11.9 Å². The van der Waals surface area contributed by atoms with Crippen LogP contribution in [0.15, 0.2) is 18.3 Å². The highest BCUT2D eigenvalue weighted by molar-refractivity contribution is 5.88. The number of likely N-dealkylation sites (N-methyl/N-ethyl adjacent to an activating group) is 1. The number of carbonyl (C=O) groups excluding carboxylic acids is 1. The van der Waals surface area contributed by atoms with Crippen LogP contribution in [0.4, 0.5) is 0 Å². The average molecular weight is 234 g/mol. The lowest BCUT2D eigenvalue weighted by Gasteiger charge is -2.21. The van der Waals surface area contributed by atoms with Crippen LogP contribution in [0, 0.1) is 0 Å². The largest absolute Gasteiger partial charge is 0.313 e. The summed E-state index contributed by atoms with van der Waals surface area (Å²) in [6.45, 7) is 5.24. The lowest BCUT2D eigenvalue weighted by molar-refractivity contribution is -0.125. The molecule has 1 aromatic rings. The van der Waals surface area contributed by atoms with E-state index in [0.29, 0.717) is 13.1 Å². The van der Waals surface area contributed by atoms with Gasteiger partial charge in [0.05, 0.1) is 17.9 Å². The molecule has 5 nitrogen and oxygen atoms in total. The summed E-state index contributed by atoms with van der Waals surface area (Å²) in [7, 11) is 1.80. The number of hydrogen-bond donors (Lipinski definition) is 1. The van der Waals surface area contributed by atoms with Gasteiger partial charge >= 0.3 is 0 Å². The van der Waals surface area contributed by atoms with Gasteiger partial charge in [0.25, 0.3) is 0 Å². The van der Waals surface area contributed by atoms with Crippen LogP contribution >= 0.6 is 0 Å². The Balaban J connectivity index is 2.40. The number of aromatic nitrogens is 2. The smallest absolute Gasteiger partial charge is 0.240 e. The highest BCUT2D eigenvalue weighted by atomic mass is 16.2. The van der Waals surface area contributed by atoms with E-state index in [1.807, 2.05) is 16.8 Å². The van der Waals surface area contributed by atoms with Crippen LogP contribution in [0.3, 0.4) is 0 Å².